The molecule has 0 amide bonds. The molecule has 112 valence electrons. The lowest BCUT2D eigenvalue weighted by atomic mass is 10.0. The van der Waals surface area contributed by atoms with Gasteiger partial charge in [0.1, 0.15) is 0 Å². The van der Waals surface area contributed by atoms with Crippen molar-refractivity contribution >= 4 is 5.95 Å². The van der Waals surface area contributed by atoms with Gasteiger partial charge in [-0.25, -0.2) is 9.97 Å². The first-order valence-corrected chi connectivity index (χ1v) is 6.95. The zero-order valence-corrected chi connectivity index (χ0v) is 12.2. The largest absolute Gasteiger partial charge is 0.494 e. The molecular formula is C14H19N5O2. The second-order valence-electron chi connectivity index (χ2n) is 5.40. The predicted octanol–water partition coefficient (Wildman–Crippen LogP) is 0.557. The van der Waals surface area contributed by atoms with Gasteiger partial charge in [-0.2, -0.15) is 5.10 Å². The molecule has 1 aliphatic rings. The number of nitrogens with zero attached hydrogens (tertiary/aromatic N) is 4. The summed E-state index contributed by atoms with van der Waals surface area (Å²) in [5.74, 6) is 1.39. The van der Waals surface area contributed by atoms with Gasteiger partial charge >= 0.3 is 0 Å². The fourth-order valence-electron chi connectivity index (χ4n) is 2.64. The molecule has 0 bridgehead atoms. The number of anilines is 1. The van der Waals surface area contributed by atoms with Gasteiger partial charge in [-0.3, -0.25) is 5.10 Å². The van der Waals surface area contributed by atoms with Crippen LogP contribution < -0.4 is 9.64 Å². The molecular weight excluding hydrogens is 270 g/mol. The van der Waals surface area contributed by atoms with Gasteiger partial charge in [0.25, 0.3) is 0 Å². The van der Waals surface area contributed by atoms with E-state index in [1.165, 1.54) is 0 Å². The SMILES string of the molecule is COc1cnc(N2C[C@@H](Cc3cc(C)[nH]n3)[C@@H](O)C2)nc1. The molecule has 2 N–H and O–H groups in total. The van der Waals surface area contributed by atoms with Gasteiger partial charge in [-0.1, -0.05) is 0 Å². The van der Waals surface area contributed by atoms with Crippen LogP contribution in [0.15, 0.2) is 18.5 Å². The van der Waals surface area contributed by atoms with Crippen molar-refractivity contribution in [1.82, 2.24) is 20.2 Å². The number of β-amino-alcohol motifs (C(OH)–C–C–N with tert-alkyl or cyclic N) is 1. The number of aromatic nitrogens is 4. The standard InChI is InChI=1S/C14H19N5O2/c1-9-3-11(18-17-9)4-10-7-19(8-13(10)20)14-15-5-12(21-2)6-16-14/h3,5-6,10,13,20H,4,7-8H2,1-2H3,(H,17,18)/t10-,13+/m1/s1. The maximum absolute atomic E-state index is 10.2. The van der Waals surface area contributed by atoms with Crippen molar-refractivity contribution in [3.05, 3.63) is 29.8 Å². The molecule has 7 heteroatoms. The molecule has 1 aliphatic heterocycles. The highest BCUT2D eigenvalue weighted by Gasteiger charge is 2.33. The third-order valence-corrected chi connectivity index (χ3v) is 3.77. The predicted molar refractivity (Wildman–Crippen MR) is 77.3 cm³/mol. The molecule has 7 nitrogen and oxygen atoms in total. The van der Waals surface area contributed by atoms with Crippen molar-refractivity contribution in [1.29, 1.82) is 0 Å². The molecule has 0 saturated carbocycles. The highest BCUT2D eigenvalue weighted by atomic mass is 16.5. The molecule has 2 aromatic rings. The fourth-order valence-corrected chi connectivity index (χ4v) is 2.64. The summed E-state index contributed by atoms with van der Waals surface area (Å²) < 4.78 is 5.05. The smallest absolute Gasteiger partial charge is 0.225 e. The number of aliphatic hydroxyl groups is 1. The number of hydrogen-bond acceptors (Lipinski definition) is 6. The van der Waals surface area contributed by atoms with Crippen molar-refractivity contribution in [2.75, 3.05) is 25.1 Å². The number of aromatic amines is 1. The van der Waals surface area contributed by atoms with E-state index in [2.05, 4.69) is 20.2 Å². The van der Waals surface area contributed by atoms with Crippen LogP contribution in [0.3, 0.4) is 0 Å². The van der Waals surface area contributed by atoms with Crippen LogP contribution in [0.25, 0.3) is 0 Å². The quantitative estimate of drug-likeness (QED) is 0.855. The minimum Gasteiger partial charge on any atom is -0.494 e. The zero-order valence-electron chi connectivity index (χ0n) is 12.2. The topological polar surface area (TPSA) is 87.2 Å². The van der Waals surface area contributed by atoms with E-state index in [1.54, 1.807) is 19.5 Å². The zero-order chi connectivity index (χ0) is 14.8. The van der Waals surface area contributed by atoms with Crippen LogP contribution in [0.2, 0.25) is 0 Å². The maximum atomic E-state index is 10.2. The molecule has 21 heavy (non-hydrogen) atoms. The van der Waals surface area contributed by atoms with Gasteiger partial charge in [-0.05, 0) is 19.4 Å². The Morgan fingerprint density at radius 1 is 1.38 bits per heavy atom. The van der Waals surface area contributed by atoms with E-state index in [0.717, 1.165) is 24.4 Å². The lowest BCUT2D eigenvalue weighted by Gasteiger charge is -2.15. The van der Waals surface area contributed by atoms with Gasteiger partial charge in [0.15, 0.2) is 5.75 Å². The van der Waals surface area contributed by atoms with E-state index in [-0.39, 0.29) is 5.92 Å². The van der Waals surface area contributed by atoms with E-state index in [9.17, 15) is 5.11 Å². The molecule has 0 radical (unpaired) electrons. The summed E-state index contributed by atoms with van der Waals surface area (Å²) in [6.45, 7) is 3.23. The minimum absolute atomic E-state index is 0.137. The normalized spacial score (nSPS) is 21.8. The van der Waals surface area contributed by atoms with Gasteiger partial charge in [0, 0.05) is 24.7 Å². The Kier molecular flexibility index (Phi) is 3.74. The van der Waals surface area contributed by atoms with E-state index in [4.69, 9.17) is 4.74 Å². The first-order chi connectivity index (χ1) is 10.2. The van der Waals surface area contributed by atoms with Crippen LogP contribution >= 0.6 is 0 Å². The number of methoxy groups -OCH3 is 1. The molecule has 0 aromatic carbocycles. The molecule has 2 atom stereocenters. The van der Waals surface area contributed by atoms with Crippen molar-refractivity contribution in [3.8, 4) is 5.75 Å². The van der Waals surface area contributed by atoms with Gasteiger partial charge in [0.05, 0.1) is 31.3 Å². The third-order valence-electron chi connectivity index (χ3n) is 3.77. The van der Waals surface area contributed by atoms with E-state index >= 15 is 0 Å². The van der Waals surface area contributed by atoms with Crippen LogP contribution in [0.5, 0.6) is 5.75 Å². The van der Waals surface area contributed by atoms with Crippen LogP contribution in [0, 0.1) is 12.8 Å². The lowest BCUT2D eigenvalue weighted by molar-refractivity contribution is 0.148. The lowest BCUT2D eigenvalue weighted by Crippen LogP contribution is -2.23. The van der Waals surface area contributed by atoms with Gasteiger partial charge in [0.2, 0.25) is 5.95 Å². The fraction of sp³-hybridized carbons (Fsp3) is 0.500. The van der Waals surface area contributed by atoms with Crippen molar-refractivity contribution in [2.45, 2.75) is 19.4 Å². The van der Waals surface area contributed by atoms with E-state index in [1.807, 2.05) is 17.9 Å². The number of nitrogens with one attached hydrogen (secondary N) is 1. The summed E-state index contributed by atoms with van der Waals surface area (Å²) in [5, 5.41) is 17.4. The summed E-state index contributed by atoms with van der Waals surface area (Å²) in [4.78, 5) is 10.5. The first-order valence-electron chi connectivity index (χ1n) is 6.95. The average Bonchev–Trinajstić information content (AvgIpc) is 3.06. The van der Waals surface area contributed by atoms with Crippen molar-refractivity contribution in [3.63, 3.8) is 0 Å². The molecule has 3 rings (SSSR count). The van der Waals surface area contributed by atoms with Crippen LogP contribution in [-0.2, 0) is 6.42 Å². The summed E-state index contributed by atoms with van der Waals surface area (Å²) in [5.41, 5.74) is 2.02. The Balaban J connectivity index is 1.67. The molecule has 0 aliphatic carbocycles. The summed E-state index contributed by atoms with van der Waals surface area (Å²) in [7, 11) is 1.58. The Hall–Kier alpha value is -2.15. The summed E-state index contributed by atoms with van der Waals surface area (Å²) in [6.07, 6.45) is 3.63. The van der Waals surface area contributed by atoms with Crippen LogP contribution in [-0.4, -0.2) is 51.6 Å². The highest BCUT2D eigenvalue weighted by molar-refractivity contribution is 5.34. The highest BCUT2D eigenvalue weighted by Crippen LogP contribution is 2.24. The Morgan fingerprint density at radius 3 is 2.76 bits per heavy atom. The Labute approximate surface area is 123 Å². The Bertz CT molecular complexity index is 598. The maximum Gasteiger partial charge on any atom is 0.225 e. The first kappa shape index (κ1) is 13.8. The van der Waals surface area contributed by atoms with Crippen LogP contribution in [0.1, 0.15) is 11.4 Å². The molecule has 1 fully saturated rings. The van der Waals surface area contributed by atoms with E-state index in [0.29, 0.717) is 18.2 Å². The molecule has 0 spiro atoms. The monoisotopic (exact) mass is 289 g/mol. The minimum atomic E-state index is -0.396. The molecule has 0 unspecified atom stereocenters. The van der Waals surface area contributed by atoms with Gasteiger partial charge < -0.3 is 14.7 Å². The summed E-state index contributed by atoms with van der Waals surface area (Å²) >= 11 is 0. The van der Waals surface area contributed by atoms with E-state index < -0.39 is 6.10 Å². The molecule has 1 saturated heterocycles. The number of hydrogen-bond donors (Lipinski definition) is 2. The number of ether oxygens (including phenoxy) is 1. The average molecular weight is 289 g/mol. The third kappa shape index (κ3) is 2.97. The molecule has 3 heterocycles. The summed E-state index contributed by atoms with van der Waals surface area (Å²) in [6, 6.07) is 2.01. The second kappa shape index (κ2) is 5.69. The Morgan fingerprint density at radius 2 is 2.14 bits per heavy atom. The number of aryl methyl sites for hydroxylation is 1. The number of H-pyrrole nitrogens is 1. The van der Waals surface area contributed by atoms with Crippen LogP contribution in [0.4, 0.5) is 5.95 Å². The molecule has 2 aromatic heterocycles. The van der Waals surface area contributed by atoms with Crippen molar-refractivity contribution < 1.29 is 9.84 Å². The van der Waals surface area contributed by atoms with Gasteiger partial charge in [-0.15, -0.1) is 0 Å². The number of aliphatic hydroxyl groups excluding tert-OH is 1. The van der Waals surface area contributed by atoms with Crippen molar-refractivity contribution in [2.24, 2.45) is 5.92 Å². The number of rotatable bonds is 4. The second-order valence-corrected chi connectivity index (χ2v) is 5.40.